The highest BCUT2D eigenvalue weighted by molar-refractivity contribution is 5.55. The molecule has 6 heteroatoms. The van der Waals surface area contributed by atoms with E-state index in [1.807, 2.05) is 6.07 Å². The van der Waals surface area contributed by atoms with Gasteiger partial charge in [-0.1, -0.05) is 6.92 Å². The maximum absolute atomic E-state index is 12.3. The van der Waals surface area contributed by atoms with Gasteiger partial charge in [-0.05, 0) is 24.6 Å². The first-order valence-corrected chi connectivity index (χ1v) is 4.91. The van der Waals surface area contributed by atoms with Crippen LogP contribution >= 0.6 is 0 Å². The number of nitrogens with two attached hydrogens (primary N) is 1. The largest absolute Gasteiger partial charge is 0.473 e. The summed E-state index contributed by atoms with van der Waals surface area (Å²) in [7, 11) is 0. The number of ether oxygens (including phenoxy) is 1. The van der Waals surface area contributed by atoms with Crippen LogP contribution in [0.25, 0.3) is 0 Å². The zero-order valence-electron chi connectivity index (χ0n) is 9.08. The number of hydrogen-bond donors (Lipinski definition) is 1. The summed E-state index contributed by atoms with van der Waals surface area (Å²) in [5, 5.41) is 8.67. The quantitative estimate of drug-likeness (QED) is 0.831. The number of benzene rings is 1. The van der Waals surface area contributed by atoms with Crippen molar-refractivity contribution in [2.24, 2.45) is 0 Å². The van der Waals surface area contributed by atoms with Gasteiger partial charge in [0.2, 0.25) is 0 Å². The van der Waals surface area contributed by atoms with Gasteiger partial charge < -0.3 is 10.5 Å². The van der Waals surface area contributed by atoms with Crippen LogP contribution in [0.5, 0.6) is 5.75 Å². The van der Waals surface area contributed by atoms with E-state index in [1.54, 1.807) is 6.92 Å². The summed E-state index contributed by atoms with van der Waals surface area (Å²) < 4.78 is 42.2. The van der Waals surface area contributed by atoms with Crippen molar-refractivity contribution in [2.45, 2.75) is 25.6 Å². The van der Waals surface area contributed by atoms with Crippen molar-refractivity contribution < 1.29 is 17.9 Å². The number of nitriles is 1. The number of nitrogens with zero attached hydrogens (tertiary/aromatic N) is 1. The van der Waals surface area contributed by atoms with Crippen molar-refractivity contribution in [1.29, 1.82) is 5.26 Å². The molecule has 0 aliphatic heterocycles. The fraction of sp³-hybridized carbons (Fsp3) is 0.364. The van der Waals surface area contributed by atoms with Crippen molar-refractivity contribution in [1.82, 2.24) is 0 Å². The zero-order valence-corrected chi connectivity index (χ0v) is 9.08. The first-order valence-electron chi connectivity index (χ1n) is 4.91. The Hall–Kier alpha value is -1.90. The molecule has 17 heavy (non-hydrogen) atoms. The average Bonchev–Trinajstić information content (AvgIpc) is 2.26. The van der Waals surface area contributed by atoms with Crippen LogP contribution in [-0.4, -0.2) is 6.10 Å². The van der Waals surface area contributed by atoms with Gasteiger partial charge in [0.05, 0.1) is 11.3 Å². The van der Waals surface area contributed by atoms with Gasteiger partial charge >= 0.3 is 6.18 Å². The standard InChI is InChI=1S/C11H11F3N2O/c1-2-8(6-15)17-10-4-3-7(5-9(10)16)11(12,13)14/h3-5,8H,2,16H2,1H3. The van der Waals surface area contributed by atoms with E-state index >= 15 is 0 Å². The van der Waals surface area contributed by atoms with E-state index in [1.165, 1.54) is 0 Å². The average molecular weight is 244 g/mol. The molecule has 1 aromatic carbocycles. The molecule has 92 valence electrons. The van der Waals surface area contributed by atoms with Crippen LogP contribution in [0.3, 0.4) is 0 Å². The normalized spacial score (nSPS) is 12.9. The van der Waals surface area contributed by atoms with Crippen molar-refractivity contribution in [3.8, 4) is 11.8 Å². The highest BCUT2D eigenvalue weighted by Crippen LogP contribution is 2.34. The van der Waals surface area contributed by atoms with Crippen LogP contribution in [0.15, 0.2) is 18.2 Å². The molecule has 0 aromatic heterocycles. The third-order valence-electron chi connectivity index (χ3n) is 2.12. The lowest BCUT2D eigenvalue weighted by molar-refractivity contribution is -0.137. The summed E-state index contributed by atoms with van der Waals surface area (Å²) in [6.07, 6.45) is -4.72. The maximum Gasteiger partial charge on any atom is 0.416 e. The van der Waals surface area contributed by atoms with E-state index in [-0.39, 0.29) is 11.4 Å². The Bertz CT molecular complexity index is 437. The highest BCUT2D eigenvalue weighted by Gasteiger charge is 2.31. The number of anilines is 1. The fourth-order valence-electron chi connectivity index (χ4n) is 1.19. The molecule has 0 bridgehead atoms. The topological polar surface area (TPSA) is 59.0 Å². The highest BCUT2D eigenvalue weighted by atomic mass is 19.4. The van der Waals surface area contributed by atoms with Crippen molar-refractivity contribution in [3.05, 3.63) is 23.8 Å². The molecular weight excluding hydrogens is 233 g/mol. The second-order valence-corrected chi connectivity index (χ2v) is 3.39. The van der Waals surface area contributed by atoms with Gasteiger partial charge in [0.15, 0.2) is 6.10 Å². The second kappa shape index (κ2) is 4.95. The van der Waals surface area contributed by atoms with Crippen LogP contribution in [-0.2, 0) is 6.18 Å². The van der Waals surface area contributed by atoms with Gasteiger partial charge in [0.1, 0.15) is 11.8 Å². The maximum atomic E-state index is 12.3. The van der Waals surface area contributed by atoms with Crippen LogP contribution < -0.4 is 10.5 Å². The number of rotatable bonds is 3. The molecule has 0 saturated carbocycles. The van der Waals surface area contributed by atoms with Gasteiger partial charge in [-0.2, -0.15) is 18.4 Å². The van der Waals surface area contributed by atoms with Crippen LogP contribution in [0, 0.1) is 11.3 Å². The van der Waals surface area contributed by atoms with Crippen molar-refractivity contribution in [3.63, 3.8) is 0 Å². The lowest BCUT2D eigenvalue weighted by atomic mass is 10.2. The molecular formula is C11H11F3N2O. The third-order valence-corrected chi connectivity index (χ3v) is 2.12. The predicted octanol–water partition coefficient (Wildman–Crippen LogP) is 2.97. The molecule has 0 aliphatic carbocycles. The molecule has 1 atom stereocenters. The molecule has 1 rings (SSSR count). The summed E-state index contributed by atoms with van der Waals surface area (Å²) in [6.45, 7) is 1.73. The Morgan fingerprint density at radius 3 is 2.53 bits per heavy atom. The predicted molar refractivity (Wildman–Crippen MR) is 56.2 cm³/mol. The Balaban J connectivity index is 2.95. The molecule has 0 radical (unpaired) electrons. The van der Waals surface area contributed by atoms with E-state index in [0.29, 0.717) is 6.42 Å². The number of hydrogen-bond acceptors (Lipinski definition) is 3. The molecule has 3 nitrogen and oxygen atoms in total. The minimum absolute atomic E-state index is 0.0893. The smallest absolute Gasteiger partial charge is 0.416 e. The second-order valence-electron chi connectivity index (χ2n) is 3.39. The van der Waals surface area contributed by atoms with Gasteiger partial charge in [0, 0.05) is 0 Å². The van der Waals surface area contributed by atoms with Crippen LogP contribution in [0.1, 0.15) is 18.9 Å². The van der Waals surface area contributed by atoms with Crippen molar-refractivity contribution in [2.75, 3.05) is 5.73 Å². The molecule has 0 amide bonds. The number of nitrogen functional groups attached to an aromatic ring is 1. The first-order chi connectivity index (χ1) is 7.88. The van der Waals surface area contributed by atoms with E-state index in [4.69, 9.17) is 15.7 Å². The van der Waals surface area contributed by atoms with Gasteiger partial charge in [-0.25, -0.2) is 0 Å². The summed E-state index contributed by atoms with van der Waals surface area (Å²) in [5.41, 5.74) is 4.47. The zero-order chi connectivity index (χ0) is 13.1. The minimum Gasteiger partial charge on any atom is -0.473 e. The molecule has 0 fully saturated rings. The van der Waals surface area contributed by atoms with E-state index in [0.717, 1.165) is 18.2 Å². The molecule has 0 aliphatic rings. The summed E-state index contributed by atoms with van der Waals surface area (Å²) in [6, 6.07) is 4.66. The van der Waals surface area contributed by atoms with Gasteiger partial charge in [-0.15, -0.1) is 0 Å². The van der Waals surface area contributed by atoms with E-state index < -0.39 is 17.8 Å². The molecule has 1 unspecified atom stereocenters. The minimum atomic E-state index is -4.44. The SMILES string of the molecule is CCC(C#N)Oc1ccc(C(F)(F)F)cc1N. The monoisotopic (exact) mass is 244 g/mol. The molecule has 0 heterocycles. The number of halogens is 3. The molecule has 1 aromatic rings. The van der Waals surface area contributed by atoms with Crippen LogP contribution in [0.2, 0.25) is 0 Å². The fourth-order valence-corrected chi connectivity index (χ4v) is 1.19. The summed E-state index contributed by atoms with van der Waals surface area (Å²) in [4.78, 5) is 0. The lowest BCUT2D eigenvalue weighted by Crippen LogP contribution is -2.14. The first kappa shape index (κ1) is 13.2. The summed E-state index contributed by atoms with van der Waals surface area (Å²) >= 11 is 0. The molecule has 0 spiro atoms. The Kier molecular flexibility index (Phi) is 3.84. The van der Waals surface area contributed by atoms with E-state index in [9.17, 15) is 13.2 Å². The van der Waals surface area contributed by atoms with Crippen LogP contribution in [0.4, 0.5) is 18.9 Å². The number of alkyl halides is 3. The molecule has 0 saturated heterocycles. The Morgan fingerprint density at radius 2 is 2.12 bits per heavy atom. The lowest BCUT2D eigenvalue weighted by Gasteiger charge is -2.14. The van der Waals surface area contributed by atoms with E-state index in [2.05, 4.69) is 0 Å². The van der Waals surface area contributed by atoms with Gasteiger partial charge in [-0.3, -0.25) is 0 Å². The Morgan fingerprint density at radius 1 is 1.47 bits per heavy atom. The Labute approximate surface area is 96.6 Å². The van der Waals surface area contributed by atoms with Gasteiger partial charge in [0.25, 0.3) is 0 Å². The molecule has 2 N–H and O–H groups in total. The summed E-state index contributed by atoms with van der Waals surface area (Å²) in [5.74, 6) is 0.0893. The third kappa shape index (κ3) is 3.28. The van der Waals surface area contributed by atoms with Crippen molar-refractivity contribution >= 4 is 5.69 Å².